The van der Waals surface area contributed by atoms with Gasteiger partial charge in [-0.05, 0) is 16.4 Å². The standard InChI is InChI=1S/C14H25NS/c1-13(2,3)10-16-12-9-15(7)8-11(12)14(4,5)6/h8-9H,10H2,1-7H3. The Balaban J connectivity index is 2.88. The molecule has 0 aliphatic heterocycles. The Labute approximate surface area is 105 Å². The van der Waals surface area contributed by atoms with Crippen LogP contribution in [-0.4, -0.2) is 10.3 Å². The van der Waals surface area contributed by atoms with Crippen LogP contribution in [-0.2, 0) is 12.5 Å². The van der Waals surface area contributed by atoms with Gasteiger partial charge in [0.25, 0.3) is 0 Å². The average molecular weight is 239 g/mol. The summed E-state index contributed by atoms with van der Waals surface area (Å²) >= 11 is 1.98. The van der Waals surface area contributed by atoms with Gasteiger partial charge in [0.15, 0.2) is 0 Å². The van der Waals surface area contributed by atoms with Crippen LogP contribution in [0.5, 0.6) is 0 Å². The van der Waals surface area contributed by atoms with E-state index in [0.717, 1.165) is 0 Å². The van der Waals surface area contributed by atoms with Crippen LogP contribution in [0.3, 0.4) is 0 Å². The molecule has 1 aromatic rings. The molecule has 1 rings (SSSR count). The van der Waals surface area contributed by atoms with Gasteiger partial charge in [0.2, 0.25) is 0 Å². The van der Waals surface area contributed by atoms with Crippen LogP contribution in [0, 0.1) is 5.41 Å². The topological polar surface area (TPSA) is 4.93 Å². The summed E-state index contributed by atoms with van der Waals surface area (Å²) in [4.78, 5) is 1.44. The van der Waals surface area contributed by atoms with Crippen molar-refractivity contribution < 1.29 is 0 Å². The molecule has 0 aliphatic carbocycles. The monoisotopic (exact) mass is 239 g/mol. The van der Waals surface area contributed by atoms with Gasteiger partial charge in [-0.25, -0.2) is 0 Å². The maximum atomic E-state index is 2.29. The van der Waals surface area contributed by atoms with Gasteiger partial charge < -0.3 is 4.57 Å². The Kier molecular flexibility index (Phi) is 3.83. The summed E-state index contributed by atoms with van der Waals surface area (Å²) in [5, 5.41) is 0. The van der Waals surface area contributed by atoms with Gasteiger partial charge in [0.1, 0.15) is 0 Å². The van der Waals surface area contributed by atoms with Gasteiger partial charge in [-0.3, -0.25) is 0 Å². The van der Waals surface area contributed by atoms with Crippen molar-refractivity contribution >= 4 is 11.8 Å². The summed E-state index contributed by atoms with van der Waals surface area (Å²) in [6.45, 7) is 13.7. The lowest BCUT2D eigenvalue weighted by atomic mass is 9.89. The van der Waals surface area contributed by atoms with Crippen LogP contribution < -0.4 is 0 Å². The first-order valence-corrected chi connectivity index (χ1v) is 6.87. The van der Waals surface area contributed by atoms with Crippen LogP contribution in [0.4, 0.5) is 0 Å². The molecule has 0 saturated carbocycles. The number of nitrogens with zero attached hydrogens (tertiary/aromatic N) is 1. The third-order valence-electron chi connectivity index (χ3n) is 2.39. The fourth-order valence-corrected chi connectivity index (χ4v) is 2.88. The molecule has 1 nitrogen and oxygen atoms in total. The Hall–Kier alpha value is -0.370. The number of hydrogen-bond acceptors (Lipinski definition) is 1. The molecule has 0 radical (unpaired) electrons. The molecule has 0 atom stereocenters. The van der Waals surface area contributed by atoms with Crippen molar-refractivity contribution in [2.75, 3.05) is 5.75 Å². The second kappa shape index (κ2) is 4.48. The van der Waals surface area contributed by atoms with Crippen LogP contribution >= 0.6 is 11.8 Å². The lowest BCUT2D eigenvalue weighted by Gasteiger charge is -2.21. The zero-order chi connectivity index (χ0) is 12.6. The zero-order valence-electron chi connectivity index (χ0n) is 11.7. The van der Waals surface area contributed by atoms with E-state index < -0.39 is 0 Å². The predicted molar refractivity (Wildman–Crippen MR) is 74.3 cm³/mol. The molecule has 0 bridgehead atoms. The van der Waals surface area contributed by atoms with E-state index in [1.807, 2.05) is 11.8 Å². The third kappa shape index (κ3) is 3.89. The zero-order valence-corrected chi connectivity index (χ0v) is 12.5. The van der Waals surface area contributed by atoms with E-state index in [2.05, 4.69) is 65.6 Å². The van der Waals surface area contributed by atoms with E-state index in [4.69, 9.17) is 0 Å². The van der Waals surface area contributed by atoms with Crippen molar-refractivity contribution in [1.82, 2.24) is 4.57 Å². The third-order valence-corrected chi connectivity index (χ3v) is 4.03. The molecule has 0 saturated heterocycles. The molecule has 1 aromatic heterocycles. The maximum Gasteiger partial charge on any atom is 0.0286 e. The summed E-state index contributed by atoms with van der Waals surface area (Å²) in [6, 6.07) is 0. The molecular weight excluding hydrogens is 214 g/mol. The minimum atomic E-state index is 0.238. The quantitative estimate of drug-likeness (QED) is 0.690. The van der Waals surface area contributed by atoms with E-state index in [-0.39, 0.29) is 5.41 Å². The summed E-state index contributed by atoms with van der Waals surface area (Å²) < 4.78 is 2.17. The molecule has 0 aromatic carbocycles. The lowest BCUT2D eigenvalue weighted by molar-refractivity contribution is 0.480. The first-order chi connectivity index (χ1) is 7.09. The smallest absolute Gasteiger partial charge is 0.0286 e. The van der Waals surface area contributed by atoms with Crippen molar-refractivity contribution in [1.29, 1.82) is 0 Å². The molecule has 92 valence electrons. The Morgan fingerprint density at radius 1 is 1.06 bits per heavy atom. The van der Waals surface area contributed by atoms with Crippen molar-refractivity contribution in [2.24, 2.45) is 12.5 Å². The number of aromatic nitrogens is 1. The van der Waals surface area contributed by atoms with Gasteiger partial charge in [-0.15, -0.1) is 11.8 Å². The van der Waals surface area contributed by atoms with Crippen LogP contribution in [0.25, 0.3) is 0 Å². The fraction of sp³-hybridized carbons (Fsp3) is 0.714. The molecule has 0 N–H and O–H groups in total. The molecule has 1 heterocycles. The number of thioether (sulfide) groups is 1. The Morgan fingerprint density at radius 3 is 2.06 bits per heavy atom. The average Bonchev–Trinajstić information content (AvgIpc) is 2.41. The second-order valence-corrected chi connectivity index (χ2v) is 7.82. The highest BCUT2D eigenvalue weighted by Gasteiger charge is 2.21. The summed E-state index contributed by atoms with van der Waals surface area (Å²) in [5.74, 6) is 1.17. The van der Waals surface area contributed by atoms with E-state index in [1.54, 1.807) is 0 Å². The Morgan fingerprint density at radius 2 is 1.62 bits per heavy atom. The van der Waals surface area contributed by atoms with E-state index in [9.17, 15) is 0 Å². The van der Waals surface area contributed by atoms with Gasteiger partial charge in [-0.2, -0.15) is 0 Å². The predicted octanol–water partition coefficient (Wildman–Crippen LogP) is 4.46. The summed E-state index contributed by atoms with van der Waals surface area (Å²) in [5.41, 5.74) is 2.08. The van der Waals surface area contributed by atoms with Gasteiger partial charge in [0, 0.05) is 30.1 Å². The highest BCUT2D eigenvalue weighted by Crippen LogP contribution is 2.35. The normalized spacial score (nSPS) is 13.2. The first-order valence-electron chi connectivity index (χ1n) is 5.89. The van der Waals surface area contributed by atoms with Crippen molar-refractivity contribution in [2.45, 2.75) is 51.9 Å². The highest BCUT2D eigenvalue weighted by molar-refractivity contribution is 7.99. The minimum Gasteiger partial charge on any atom is -0.356 e. The number of rotatable bonds is 2. The van der Waals surface area contributed by atoms with E-state index in [1.165, 1.54) is 16.2 Å². The molecule has 0 fully saturated rings. The maximum absolute atomic E-state index is 2.29. The van der Waals surface area contributed by atoms with Crippen molar-refractivity contribution in [3.63, 3.8) is 0 Å². The molecule has 0 unspecified atom stereocenters. The first kappa shape index (κ1) is 13.7. The second-order valence-electron chi connectivity index (χ2n) is 6.80. The van der Waals surface area contributed by atoms with Crippen LogP contribution in [0.15, 0.2) is 17.3 Å². The number of hydrogen-bond donors (Lipinski definition) is 0. The lowest BCUT2D eigenvalue weighted by Crippen LogP contribution is -2.12. The SMILES string of the molecule is Cn1cc(SCC(C)(C)C)c(C(C)(C)C)c1. The van der Waals surface area contributed by atoms with E-state index >= 15 is 0 Å². The molecular formula is C14H25NS. The summed E-state index contributed by atoms with van der Waals surface area (Å²) in [6.07, 6.45) is 4.50. The molecule has 0 spiro atoms. The summed E-state index contributed by atoms with van der Waals surface area (Å²) in [7, 11) is 2.11. The van der Waals surface area contributed by atoms with E-state index in [0.29, 0.717) is 5.41 Å². The van der Waals surface area contributed by atoms with Gasteiger partial charge in [0.05, 0.1) is 0 Å². The molecule has 16 heavy (non-hydrogen) atoms. The van der Waals surface area contributed by atoms with Crippen LogP contribution in [0.2, 0.25) is 0 Å². The molecule has 0 amide bonds. The Bertz CT molecular complexity index is 350. The van der Waals surface area contributed by atoms with Crippen molar-refractivity contribution in [3.8, 4) is 0 Å². The molecule has 0 aliphatic rings. The van der Waals surface area contributed by atoms with Crippen LogP contribution in [0.1, 0.15) is 47.1 Å². The minimum absolute atomic E-state index is 0.238. The van der Waals surface area contributed by atoms with Gasteiger partial charge in [-0.1, -0.05) is 41.5 Å². The molecule has 2 heteroatoms. The largest absolute Gasteiger partial charge is 0.356 e. The highest BCUT2D eigenvalue weighted by atomic mass is 32.2. The van der Waals surface area contributed by atoms with Crippen molar-refractivity contribution in [3.05, 3.63) is 18.0 Å². The number of aryl methyl sites for hydroxylation is 1. The fourth-order valence-electron chi connectivity index (χ4n) is 1.53. The van der Waals surface area contributed by atoms with Gasteiger partial charge >= 0.3 is 0 Å².